The summed E-state index contributed by atoms with van der Waals surface area (Å²) in [7, 11) is 0. The van der Waals surface area contributed by atoms with Crippen molar-refractivity contribution >= 4 is 29.0 Å². The molecule has 0 unspecified atom stereocenters. The second kappa shape index (κ2) is 5.54. The second-order valence-electron chi connectivity index (χ2n) is 4.70. The third-order valence-electron chi connectivity index (χ3n) is 3.04. The van der Waals surface area contributed by atoms with Crippen molar-refractivity contribution in [3.05, 3.63) is 58.6 Å². The number of hydrogen-bond donors (Lipinski definition) is 1. The minimum absolute atomic E-state index is 0.334. The largest absolute Gasteiger partial charge is 0.290 e. The molecule has 1 aromatic heterocycles. The number of benzene rings is 1. The molecule has 2 heterocycles. The van der Waals surface area contributed by atoms with E-state index in [1.807, 2.05) is 37.3 Å². The van der Waals surface area contributed by atoms with E-state index in [-0.39, 0.29) is 11.1 Å². The van der Waals surface area contributed by atoms with Crippen LogP contribution in [0.2, 0.25) is 0 Å². The maximum atomic E-state index is 11.6. The Morgan fingerprint density at radius 1 is 1.19 bits per heavy atom. The number of carbonyl (C=O) groups excluding carboxylic acids is 2. The number of carbonyl (C=O) groups is 2. The highest BCUT2D eigenvalue weighted by Crippen LogP contribution is 2.26. The summed E-state index contributed by atoms with van der Waals surface area (Å²) in [5, 5.41) is 1.91. The van der Waals surface area contributed by atoms with E-state index in [1.54, 1.807) is 12.3 Å². The van der Waals surface area contributed by atoms with E-state index in [0.29, 0.717) is 4.91 Å². The van der Waals surface area contributed by atoms with Gasteiger partial charge in [0.05, 0.1) is 10.6 Å². The predicted octanol–water partition coefficient (Wildman–Crippen LogP) is 3.38. The Morgan fingerprint density at radius 3 is 2.76 bits per heavy atom. The molecule has 0 spiro atoms. The van der Waals surface area contributed by atoms with Crippen molar-refractivity contribution in [1.29, 1.82) is 0 Å². The Morgan fingerprint density at radius 2 is 2.05 bits per heavy atom. The summed E-state index contributed by atoms with van der Waals surface area (Å²) < 4.78 is 0. The van der Waals surface area contributed by atoms with Crippen molar-refractivity contribution < 1.29 is 9.59 Å². The molecule has 0 saturated carbocycles. The van der Waals surface area contributed by atoms with Crippen LogP contribution in [-0.4, -0.2) is 16.1 Å². The molecule has 2 aromatic rings. The fourth-order valence-corrected chi connectivity index (χ4v) is 2.75. The molecule has 1 fully saturated rings. The van der Waals surface area contributed by atoms with Gasteiger partial charge in [0.2, 0.25) is 0 Å². The minimum Gasteiger partial charge on any atom is -0.282 e. The van der Waals surface area contributed by atoms with Crippen LogP contribution in [-0.2, 0) is 4.79 Å². The van der Waals surface area contributed by atoms with Crippen molar-refractivity contribution in [2.75, 3.05) is 0 Å². The third kappa shape index (κ3) is 3.03. The lowest BCUT2D eigenvalue weighted by Gasteiger charge is -2.03. The Bertz CT molecular complexity index is 768. The lowest BCUT2D eigenvalue weighted by Crippen LogP contribution is -2.17. The van der Waals surface area contributed by atoms with E-state index in [4.69, 9.17) is 0 Å². The Balaban J connectivity index is 1.96. The van der Waals surface area contributed by atoms with Crippen molar-refractivity contribution in [3.8, 4) is 11.3 Å². The number of imide groups is 1. The Labute approximate surface area is 126 Å². The Kier molecular flexibility index (Phi) is 3.58. The fourth-order valence-electron chi connectivity index (χ4n) is 2.07. The highest BCUT2D eigenvalue weighted by molar-refractivity contribution is 8.18. The maximum Gasteiger partial charge on any atom is 0.290 e. The summed E-state index contributed by atoms with van der Waals surface area (Å²) in [6.07, 6.45) is 3.40. The van der Waals surface area contributed by atoms with Gasteiger partial charge in [0.15, 0.2) is 0 Å². The lowest BCUT2D eigenvalue weighted by atomic mass is 10.1. The van der Waals surface area contributed by atoms with Crippen LogP contribution in [0.25, 0.3) is 17.3 Å². The van der Waals surface area contributed by atoms with Gasteiger partial charge in [0, 0.05) is 11.8 Å². The van der Waals surface area contributed by atoms with Crippen LogP contribution in [0.3, 0.4) is 0 Å². The molecule has 3 rings (SSSR count). The van der Waals surface area contributed by atoms with Gasteiger partial charge in [0.25, 0.3) is 11.1 Å². The summed E-state index contributed by atoms with van der Waals surface area (Å²) in [5.41, 5.74) is 3.86. The summed E-state index contributed by atoms with van der Waals surface area (Å²) >= 11 is 0.914. The number of rotatable bonds is 2. The zero-order valence-corrected chi connectivity index (χ0v) is 12.1. The van der Waals surface area contributed by atoms with Crippen LogP contribution in [0.5, 0.6) is 0 Å². The van der Waals surface area contributed by atoms with Crippen molar-refractivity contribution in [2.45, 2.75) is 6.92 Å². The van der Waals surface area contributed by atoms with Crippen LogP contribution < -0.4 is 5.32 Å². The number of nitrogens with one attached hydrogen (secondary N) is 1. The normalized spacial score (nSPS) is 16.3. The predicted molar refractivity (Wildman–Crippen MR) is 83.5 cm³/mol. The molecule has 0 bridgehead atoms. The first-order chi connectivity index (χ1) is 10.1. The fraction of sp³-hybridized carbons (Fsp3) is 0.0625. The first-order valence-corrected chi connectivity index (χ1v) is 7.21. The number of aromatic nitrogens is 1. The molecule has 21 heavy (non-hydrogen) atoms. The average molecular weight is 296 g/mol. The van der Waals surface area contributed by atoms with Crippen LogP contribution in [0.4, 0.5) is 4.79 Å². The lowest BCUT2D eigenvalue weighted by molar-refractivity contribution is -0.115. The van der Waals surface area contributed by atoms with Gasteiger partial charge in [-0.15, -0.1) is 0 Å². The highest BCUT2D eigenvalue weighted by Gasteiger charge is 2.24. The summed E-state index contributed by atoms with van der Waals surface area (Å²) in [6, 6.07) is 11.8. The number of hydrogen-bond acceptors (Lipinski definition) is 4. The molecule has 104 valence electrons. The zero-order valence-electron chi connectivity index (χ0n) is 11.3. The molecule has 1 aromatic carbocycles. The zero-order chi connectivity index (χ0) is 14.8. The summed E-state index contributed by atoms with van der Waals surface area (Å²) in [5.74, 6) is -0.348. The van der Waals surface area contributed by atoms with Crippen LogP contribution in [0.1, 0.15) is 11.1 Å². The number of aryl methyl sites for hydroxylation is 1. The second-order valence-corrected chi connectivity index (χ2v) is 5.71. The molecular weight excluding hydrogens is 284 g/mol. The van der Waals surface area contributed by atoms with E-state index in [1.165, 1.54) is 0 Å². The number of amides is 2. The molecular formula is C16H12N2O2S. The van der Waals surface area contributed by atoms with Gasteiger partial charge in [0.1, 0.15) is 0 Å². The van der Waals surface area contributed by atoms with E-state index < -0.39 is 0 Å². The molecule has 1 N–H and O–H groups in total. The van der Waals surface area contributed by atoms with Crippen molar-refractivity contribution in [1.82, 2.24) is 10.3 Å². The van der Waals surface area contributed by atoms with Crippen molar-refractivity contribution in [2.24, 2.45) is 0 Å². The van der Waals surface area contributed by atoms with Crippen LogP contribution in [0.15, 0.2) is 47.5 Å². The number of thioether (sulfide) groups is 1. The van der Waals surface area contributed by atoms with Gasteiger partial charge in [-0.05, 0) is 48.5 Å². The molecule has 1 aliphatic rings. The van der Waals surface area contributed by atoms with Gasteiger partial charge in [-0.3, -0.25) is 19.9 Å². The number of pyridine rings is 1. The quantitative estimate of drug-likeness (QED) is 0.863. The average Bonchev–Trinajstić information content (AvgIpc) is 2.77. The van der Waals surface area contributed by atoms with Crippen molar-refractivity contribution in [3.63, 3.8) is 0 Å². The molecule has 4 nitrogen and oxygen atoms in total. The molecule has 0 radical (unpaired) electrons. The van der Waals surface area contributed by atoms with Gasteiger partial charge in [-0.1, -0.05) is 23.8 Å². The van der Waals surface area contributed by atoms with Gasteiger partial charge in [-0.2, -0.15) is 0 Å². The van der Waals surface area contributed by atoms with E-state index >= 15 is 0 Å². The first-order valence-electron chi connectivity index (χ1n) is 6.40. The molecule has 5 heteroatoms. The first kappa shape index (κ1) is 13.6. The standard InChI is InChI=1S/C16H12N2O2S/c1-10-3-2-4-12(7-10)13-8-11(5-6-17-13)9-14-15(19)18-16(20)21-14/h2-9H,1H3,(H,18,19,20)/b14-9-. The number of nitrogens with zero attached hydrogens (tertiary/aromatic N) is 1. The third-order valence-corrected chi connectivity index (χ3v) is 3.85. The minimum atomic E-state index is -0.348. The summed E-state index contributed by atoms with van der Waals surface area (Å²) in [6.45, 7) is 2.03. The van der Waals surface area contributed by atoms with Crippen LogP contribution in [0, 0.1) is 6.92 Å². The highest BCUT2D eigenvalue weighted by atomic mass is 32.2. The smallest absolute Gasteiger partial charge is 0.282 e. The molecule has 1 saturated heterocycles. The maximum absolute atomic E-state index is 11.6. The summed E-state index contributed by atoms with van der Waals surface area (Å²) in [4.78, 5) is 27.5. The Hall–Kier alpha value is -2.40. The molecule has 0 atom stereocenters. The van der Waals surface area contributed by atoms with Gasteiger partial charge in [-0.25, -0.2) is 0 Å². The molecule has 1 aliphatic heterocycles. The molecule has 2 amide bonds. The molecule has 0 aliphatic carbocycles. The van der Waals surface area contributed by atoms with E-state index in [9.17, 15) is 9.59 Å². The van der Waals surface area contributed by atoms with E-state index in [0.717, 1.165) is 34.1 Å². The van der Waals surface area contributed by atoms with Crippen LogP contribution >= 0.6 is 11.8 Å². The monoisotopic (exact) mass is 296 g/mol. The van der Waals surface area contributed by atoms with Gasteiger partial charge < -0.3 is 0 Å². The van der Waals surface area contributed by atoms with Gasteiger partial charge >= 0.3 is 0 Å². The SMILES string of the molecule is Cc1cccc(-c2cc(/C=C3\SC(=O)NC3=O)ccn2)c1. The van der Waals surface area contributed by atoms with E-state index in [2.05, 4.69) is 16.4 Å². The topological polar surface area (TPSA) is 59.1 Å².